The molecule has 248 valence electrons. The monoisotopic (exact) mass is 660 g/mol. The van der Waals surface area contributed by atoms with Gasteiger partial charge >= 0.3 is 6.11 Å². The fourth-order valence-corrected chi connectivity index (χ4v) is 6.16. The first-order valence-corrected chi connectivity index (χ1v) is 15.3. The van der Waals surface area contributed by atoms with Gasteiger partial charge in [0.2, 0.25) is 0 Å². The number of alkyl halides is 2. The molecule has 0 aromatic heterocycles. The van der Waals surface area contributed by atoms with E-state index in [1.807, 2.05) is 12.1 Å². The summed E-state index contributed by atoms with van der Waals surface area (Å²) in [5.41, 5.74) is -1.42. The summed E-state index contributed by atoms with van der Waals surface area (Å²) in [6.07, 6.45) is 3.31. The van der Waals surface area contributed by atoms with Crippen molar-refractivity contribution in [1.82, 2.24) is 0 Å². The summed E-state index contributed by atoms with van der Waals surface area (Å²) < 4.78 is 127. The van der Waals surface area contributed by atoms with Crippen molar-refractivity contribution < 1.29 is 44.6 Å². The van der Waals surface area contributed by atoms with Crippen LogP contribution in [0.3, 0.4) is 0 Å². The van der Waals surface area contributed by atoms with Crippen LogP contribution in [0.15, 0.2) is 73.3 Å². The molecule has 1 saturated carbocycles. The van der Waals surface area contributed by atoms with Gasteiger partial charge in [-0.3, -0.25) is 0 Å². The summed E-state index contributed by atoms with van der Waals surface area (Å²) in [6, 6.07) is 10.1. The Morgan fingerprint density at radius 2 is 1.30 bits per heavy atom. The van der Waals surface area contributed by atoms with Crippen LogP contribution in [-0.2, 0) is 6.11 Å². The second kappa shape index (κ2) is 14.2. The standard InChI is InChI=1S/C37H32F8O2/c1-3-5-6-21-7-9-22(10-8-21)23-11-13-27(29(38)15-23)24-12-14-28(30(39)16-24)25-17-31(40)35(32(41)18-25)37(44,45)47-26-19-33(42)36(46-4-2)34(43)20-26/h3,11-22H,1,4-10H2,2H3. The molecule has 1 aliphatic carbocycles. The lowest BCUT2D eigenvalue weighted by atomic mass is 9.77. The van der Waals surface area contributed by atoms with Crippen LogP contribution in [0.4, 0.5) is 35.1 Å². The summed E-state index contributed by atoms with van der Waals surface area (Å²) in [5.74, 6) is -8.84. The predicted molar refractivity (Wildman–Crippen MR) is 163 cm³/mol. The van der Waals surface area contributed by atoms with E-state index in [9.17, 15) is 26.3 Å². The van der Waals surface area contributed by atoms with Gasteiger partial charge in [-0.25, -0.2) is 26.3 Å². The summed E-state index contributed by atoms with van der Waals surface area (Å²) in [5, 5.41) is 0. The van der Waals surface area contributed by atoms with E-state index in [4.69, 9.17) is 4.74 Å². The highest BCUT2D eigenvalue weighted by Gasteiger charge is 2.41. The minimum Gasteiger partial charge on any atom is -0.488 e. The van der Waals surface area contributed by atoms with Crippen LogP contribution < -0.4 is 9.47 Å². The molecule has 0 bridgehead atoms. The van der Waals surface area contributed by atoms with Gasteiger partial charge in [0.05, 0.1) is 6.61 Å². The Bertz CT molecular complexity index is 1720. The molecule has 4 aromatic rings. The number of benzene rings is 4. The van der Waals surface area contributed by atoms with E-state index in [1.165, 1.54) is 19.1 Å². The van der Waals surface area contributed by atoms with Crippen molar-refractivity contribution in [2.75, 3.05) is 6.61 Å². The Balaban J connectivity index is 1.34. The lowest BCUT2D eigenvalue weighted by Gasteiger charge is -2.28. The molecule has 47 heavy (non-hydrogen) atoms. The Morgan fingerprint density at radius 3 is 1.87 bits per heavy atom. The molecule has 0 spiro atoms. The third-order valence-electron chi connectivity index (χ3n) is 8.52. The average molecular weight is 661 g/mol. The van der Waals surface area contributed by atoms with Gasteiger partial charge < -0.3 is 9.47 Å². The van der Waals surface area contributed by atoms with E-state index in [0.717, 1.165) is 56.2 Å². The quantitative estimate of drug-likeness (QED) is 0.118. The summed E-state index contributed by atoms with van der Waals surface area (Å²) in [6.45, 7) is 5.11. The number of hydrogen-bond donors (Lipinski definition) is 0. The van der Waals surface area contributed by atoms with Crippen molar-refractivity contribution in [2.24, 2.45) is 5.92 Å². The fourth-order valence-electron chi connectivity index (χ4n) is 6.16. The van der Waals surface area contributed by atoms with Crippen LogP contribution in [-0.4, -0.2) is 6.61 Å². The molecule has 0 atom stereocenters. The van der Waals surface area contributed by atoms with Crippen LogP contribution in [0.25, 0.3) is 22.3 Å². The minimum atomic E-state index is -4.71. The number of rotatable bonds is 11. The maximum atomic E-state index is 15.3. The molecule has 2 nitrogen and oxygen atoms in total. The molecule has 10 heteroatoms. The molecular formula is C37H32F8O2. The maximum Gasteiger partial charge on any atom is 0.432 e. The van der Waals surface area contributed by atoms with Crippen molar-refractivity contribution in [2.45, 2.75) is 57.5 Å². The van der Waals surface area contributed by atoms with Crippen molar-refractivity contribution in [3.05, 3.63) is 119 Å². The Morgan fingerprint density at radius 1 is 0.723 bits per heavy atom. The summed E-state index contributed by atoms with van der Waals surface area (Å²) in [7, 11) is 0. The molecular weight excluding hydrogens is 628 g/mol. The Hall–Kier alpha value is -4.34. The minimum absolute atomic E-state index is 0.113. The third kappa shape index (κ3) is 7.47. The Labute approximate surface area is 267 Å². The van der Waals surface area contributed by atoms with Gasteiger partial charge in [0.25, 0.3) is 0 Å². The van der Waals surface area contributed by atoms with Crippen LogP contribution in [0, 0.1) is 40.8 Å². The highest BCUT2D eigenvalue weighted by Crippen LogP contribution is 2.41. The highest BCUT2D eigenvalue weighted by atomic mass is 19.3. The zero-order valence-electron chi connectivity index (χ0n) is 25.5. The maximum absolute atomic E-state index is 15.3. The molecule has 0 unspecified atom stereocenters. The van der Waals surface area contributed by atoms with Crippen LogP contribution in [0.1, 0.15) is 62.5 Å². The molecule has 0 saturated heterocycles. The van der Waals surface area contributed by atoms with Gasteiger partial charge in [-0.2, -0.15) is 8.78 Å². The predicted octanol–water partition coefficient (Wildman–Crippen LogP) is 11.6. The third-order valence-corrected chi connectivity index (χ3v) is 8.52. The molecule has 0 heterocycles. The van der Waals surface area contributed by atoms with Gasteiger partial charge in [0.1, 0.15) is 34.6 Å². The molecule has 1 fully saturated rings. The Kier molecular flexibility index (Phi) is 10.3. The lowest BCUT2D eigenvalue weighted by Crippen LogP contribution is -2.25. The zero-order valence-corrected chi connectivity index (χ0v) is 25.5. The van der Waals surface area contributed by atoms with Crippen molar-refractivity contribution in [1.29, 1.82) is 0 Å². The van der Waals surface area contributed by atoms with Gasteiger partial charge in [-0.15, -0.1) is 6.58 Å². The second-order valence-corrected chi connectivity index (χ2v) is 11.6. The molecule has 0 radical (unpaired) electrons. The normalized spacial score (nSPS) is 16.6. The van der Waals surface area contributed by atoms with Crippen LogP contribution in [0.2, 0.25) is 0 Å². The number of ether oxygens (including phenoxy) is 2. The smallest absolute Gasteiger partial charge is 0.432 e. The molecule has 0 aliphatic heterocycles. The first kappa shape index (κ1) is 34.0. The molecule has 1 aliphatic rings. The number of hydrogen-bond acceptors (Lipinski definition) is 2. The molecule has 4 aromatic carbocycles. The summed E-state index contributed by atoms with van der Waals surface area (Å²) >= 11 is 0. The molecule has 0 N–H and O–H groups in total. The second-order valence-electron chi connectivity index (χ2n) is 11.6. The van der Waals surface area contributed by atoms with E-state index < -0.39 is 63.6 Å². The van der Waals surface area contributed by atoms with E-state index in [0.29, 0.717) is 30.2 Å². The van der Waals surface area contributed by atoms with Gasteiger partial charge in [0, 0.05) is 23.3 Å². The van der Waals surface area contributed by atoms with Crippen LogP contribution in [0.5, 0.6) is 11.5 Å². The largest absolute Gasteiger partial charge is 0.488 e. The summed E-state index contributed by atoms with van der Waals surface area (Å²) in [4.78, 5) is 0. The topological polar surface area (TPSA) is 18.5 Å². The van der Waals surface area contributed by atoms with E-state index in [-0.39, 0.29) is 29.2 Å². The number of halogens is 8. The van der Waals surface area contributed by atoms with Crippen LogP contribution >= 0.6 is 0 Å². The van der Waals surface area contributed by atoms with Gasteiger partial charge in [-0.05, 0) is 98.2 Å². The zero-order chi connectivity index (χ0) is 33.9. The fraction of sp³-hybridized carbons (Fsp3) is 0.297. The van der Waals surface area contributed by atoms with E-state index in [1.54, 1.807) is 6.07 Å². The molecule has 5 rings (SSSR count). The first-order chi connectivity index (χ1) is 22.4. The van der Waals surface area contributed by atoms with E-state index >= 15 is 8.78 Å². The molecule has 0 amide bonds. The highest BCUT2D eigenvalue weighted by molar-refractivity contribution is 5.72. The van der Waals surface area contributed by atoms with E-state index in [2.05, 4.69) is 11.3 Å². The number of allylic oxidation sites excluding steroid dienone is 1. The van der Waals surface area contributed by atoms with Gasteiger partial charge in [-0.1, -0.05) is 30.3 Å². The SMILES string of the molecule is C=CCCC1CCC(c2ccc(-c3ccc(-c4cc(F)c(C(F)(F)Oc5cc(F)c(OCC)c(F)c5)c(F)c4)c(F)c3)c(F)c2)CC1. The first-order valence-electron chi connectivity index (χ1n) is 15.3. The average Bonchev–Trinajstić information content (AvgIpc) is 3.01. The van der Waals surface area contributed by atoms with Gasteiger partial charge in [0.15, 0.2) is 17.4 Å². The lowest BCUT2D eigenvalue weighted by molar-refractivity contribution is -0.189. The van der Waals surface area contributed by atoms with Crippen molar-refractivity contribution in [3.8, 4) is 33.8 Å². The van der Waals surface area contributed by atoms with Crippen molar-refractivity contribution >= 4 is 0 Å². The van der Waals surface area contributed by atoms with Crippen molar-refractivity contribution in [3.63, 3.8) is 0 Å².